The van der Waals surface area contributed by atoms with Crippen LogP contribution in [-0.4, -0.2) is 97.9 Å². The molecule has 300 valence electrons. The number of phenolic OH excluding ortho intramolecular Hbond substituents is 1. The second-order valence-electron chi connectivity index (χ2n) is 13.0. The smallest absolute Gasteiger partial charge is 0.430 e. The number of hydrogen-bond acceptors (Lipinski definition) is 10. The zero-order valence-electron chi connectivity index (χ0n) is 28.9. The lowest BCUT2D eigenvalue weighted by atomic mass is 9.96. The Balaban J connectivity index is 0.000000876. The normalized spacial score (nSPS) is 18.6. The second-order valence-corrected chi connectivity index (χ2v) is 14.6. The SMILES string of the molecule is C[N+]1(Cc2ccc3c(c2)OCO3)CCC[C@H](N(C(=O)Nc2ccc(OS(=O)(=O)CC(F)(F)F)cc2)[C@@H](Cc2ccc(O)cc2)C(N)=O)C1.O=C([O-])C(F)(F)F. The van der Waals surface area contributed by atoms with Gasteiger partial charge in [0.05, 0.1) is 26.2 Å². The Hall–Kier alpha value is -5.44. The molecular weight excluding hydrogens is 770 g/mol. The van der Waals surface area contributed by atoms with E-state index >= 15 is 0 Å². The molecule has 0 radical (unpaired) electrons. The summed E-state index contributed by atoms with van der Waals surface area (Å²) in [6, 6.07) is 14.5. The molecule has 3 aromatic carbocycles. The Bertz CT molecular complexity index is 1950. The number of ether oxygens (including phenoxy) is 2. The Labute approximate surface area is 310 Å². The zero-order valence-corrected chi connectivity index (χ0v) is 29.7. The number of phenols is 1. The van der Waals surface area contributed by atoms with Crippen molar-refractivity contribution >= 4 is 33.7 Å². The molecular formula is C34H36F6N4O10S. The summed E-state index contributed by atoms with van der Waals surface area (Å²) in [7, 11) is -2.88. The number of quaternary nitrogens is 1. The standard InChI is InChI=1S/C32H35F3N4O8S.C2HF3O2/c1-39(17-22-6-13-28-29(16-22)46-20-45-28)14-2-3-24(18-39)38(27(30(36)41)15-21-4-9-25(40)10-5-21)31(42)37-23-7-11-26(12-8-23)47-48(43,44)19-32(33,34)35;3-2(4,5)1(6)7/h4-13,16,24,27H,2-3,14-15,17-20H2,1H3,(H3-,36,37,40,41,42);(H,6,7)/t24-,27-,39?;/m0./s1. The summed E-state index contributed by atoms with van der Waals surface area (Å²) in [5.41, 5.74) is 7.76. The van der Waals surface area contributed by atoms with Gasteiger partial charge >= 0.3 is 28.5 Å². The number of hydrogen-bond donors (Lipinski definition) is 3. The minimum absolute atomic E-state index is 0.0338. The lowest BCUT2D eigenvalue weighted by Gasteiger charge is -2.46. The maximum atomic E-state index is 14.0. The van der Waals surface area contributed by atoms with Crippen LogP contribution in [0.15, 0.2) is 66.7 Å². The number of nitrogens with one attached hydrogen (secondary N) is 1. The fourth-order valence-corrected chi connectivity index (χ4v) is 7.03. The number of aromatic hydroxyl groups is 1. The fraction of sp³-hybridized carbons (Fsp3) is 0.382. The van der Waals surface area contributed by atoms with Crippen LogP contribution in [0.3, 0.4) is 0 Å². The van der Waals surface area contributed by atoms with Crippen LogP contribution in [0.4, 0.5) is 36.8 Å². The maximum absolute atomic E-state index is 14.0. The number of nitrogens with zero attached hydrogens (tertiary/aromatic N) is 2. The van der Waals surface area contributed by atoms with Crippen LogP contribution in [0.25, 0.3) is 0 Å². The lowest BCUT2D eigenvalue weighted by molar-refractivity contribution is -0.928. The van der Waals surface area contributed by atoms with Gasteiger partial charge in [0.1, 0.15) is 30.1 Å². The van der Waals surface area contributed by atoms with E-state index in [0.29, 0.717) is 41.1 Å². The van der Waals surface area contributed by atoms with E-state index in [1.807, 2.05) is 18.2 Å². The molecule has 3 aromatic rings. The van der Waals surface area contributed by atoms with Crippen molar-refractivity contribution in [3.63, 3.8) is 0 Å². The van der Waals surface area contributed by atoms with E-state index in [2.05, 4.69) is 16.5 Å². The first-order chi connectivity index (χ1) is 25.5. The van der Waals surface area contributed by atoms with Gasteiger partial charge in [0, 0.05) is 17.7 Å². The van der Waals surface area contributed by atoms with Crippen LogP contribution in [0.5, 0.6) is 23.0 Å². The van der Waals surface area contributed by atoms with Crippen molar-refractivity contribution in [1.29, 1.82) is 0 Å². The van der Waals surface area contributed by atoms with E-state index in [1.54, 1.807) is 12.1 Å². The number of primary amides is 1. The van der Waals surface area contributed by atoms with Gasteiger partial charge in [-0.25, -0.2) is 4.79 Å². The highest BCUT2D eigenvalue weighted by Crippen LogP contribution is 2.34. The van der Waals surface area contributed by atoms with Crippen LogP contribution in [-0.2, 0) is 32.7 Å². The predicted octanol–water partition coefficient (Wildman–Crippen LogP) is 3.43. The molecule has 4 N–H and O–H groups in total. The van der Waals surface area contributed by atoms with E-state index in [0.717, 1.165) is 30.7 Å². The first kappa shape index (κ1) is 42.3. The van der Waals surface area contributed by atoms with Gasteiger partial charge in [0.15, 0.2) is 17.3 Å². The summed E-state index contributed by atoms with van der Waals surface area (Å²) < 4.78 is 109. The number of benzene rings is 3. The van der Waals surface area contributed by atoms with E-state index in [9.17, 15) is 49.5 Å². The molecule has 0 spiro atoms. The number of rotatable bonds is 11. The number of anilines is 1. The van der Waals surface area contributed by atoms with Crippen LogP contribution in [0.2, 0.25) is 0 Å². The molecule has 2 aliphatic heterocycles. The Morgan fingerprint density at radius 1 is 1.00 bits per heavy atom. The van der Waals surface area contributed by atoms with Gasteiger partial charge in [-0.15, -0.1) is 0 Å². The first-order valence-corrected chi connectivity index (χ1v) is 17.9. The molecule has 2 aliphatic rings. The van der Waals surface area contributed by atoms with E-state index in [4.69, 9.17) is 25.1 Å². The largest absolute Gasteiger partial charge is 0.542 e. The number of likely N-dealkylation sites (tertiary alicyclic amines) is 1. The third kappa shape index (κ3) is 12.6. The molecule has 0 aromatic heterocycles. The molecule has 1 saturated heterocycles. The predicted molar refractivity (Wildman–Crippen MR) is 179 cm³/mol. The van der Waals surface area contributed by atoms with Crippen molar-refractivity contribution in [1.82, 2.24) is 4.90 Å². The highest BCUT2D eigenvalue weighted by atomic mass is 32.2. The Morgan fingerprint density at radius 3 is 2.18 bits per heavy atom. The highest BCUT2D eigenvalue weighted by molar-refractivity contribution is 7.87. The van der Waals surface area contributed by atoms with Gasteiger partial charge in [0.25, 0.3) is 0 Å². The second kappa shape index (κ2) is 16.9. The maximum Gasteiger partial charge on any atom is 0.430 e. The molecule has 5 rings (SSSR count). The average molecular weight is 807 g/mol. The summed E-state index contributed by atoms with van der Waals surface area (Å²) >= 11 is 0. The fourth-order valence-electron chi connectivity index (χ4n) is 6.16. The number of fused-ring (bicyclic) bond motifs is 1. The first-order valence-electron chi connectivity index (χ1n) is 16.3. The van der Waals surface area contributed by atoms with Crippen LogP contribution in [0, 0.1) is 0 Å². The van der Waals surface area contributed by atoms with Gasteiger partial charge < -0.3 is 49.1 Å². The number of urea groups is 1. The summed E-state index contributed by atoms with van der Waals surface area (Å²) in [5, 5.41) is 21.3. The van der Waals surface area contributed by atoms with Gasteiger partial charge in [-0.3, -0.25) is 4.79 Å². The number of halogens is 6. The van der Waals surface area contributed by atoms with Crippen LogP contribution < -0.4 is 29.8 Å². The Kier molecular flexibility index (Phi) is 13.0. The molecule has 55 heavy (non-hydrogen) atoms. The van der Waals surface area contributed by atoms with Crippen molar-refractivity contribution < 1.29 is 77.5 Å². The van der Waals surface area contributed by atoms with Crippen molar-refractivity contribution in [3.8, 4) is 23.0 Å². The molecule has 14 nitrogen and oxygen atoms in total. The van der Waals surface area contributed by atoms with Crippen molar-refractivity contribution in [3.05, 3.63) is 77.9 Å². The quantitative estimate of drug-likeness (QED) is 0.147. The summed E-state index contributed by atoms with van der Waals surface area (Å²) in [5.74, 6) is -4.92. The number of nitrogens with two attached hydrogens (primary N) is 1. The zero-order chi connectivity index (χ0) is 40.8. The van der Waals surface area contributed by atoms with Gasteiger partial charge in [-0.2, -0.15) is 34.8 Å². The molecule has 3 amide bonds. The number of amides is 3. The number of carbonyl (C=O) groups excluding carboxylic acids is 3. The molecule has 0 aliphatic carbocycles. The van der Waals surface area contributed by atoms with Crippen LogP contribution in [0.1, 0.15) is 24.0 Å². The molecule has 0 bridgehead atoms. The van der Waals surface area contributed by atoms with Crippen molar-refractivity contribution in [2.45, 2.75) is 50.2 Å². The van der Waals surface area contributed by atoms with Crippen LogP contribution >= 0.6 is 0 Å². The third-order valence-electron chi connectivity index (χ3n) is 8.45. The van der Waals surface area contributed by atoms with Gasteiger partial charge in [-0.05, 0) is 73.0 Å². The van der Waals surface area contributed by atoms with E-state index in [1.165, 1.54) is 29.2 Å². The molecule has 0 saturated carbocycles. The Morgan fingerprint density at radius 2 is 1.60 bits per heavy atom. The summed E-state index contributed by atoms with van der Waals surface area (Å²) in [6.45, 7) is 2.05. The minimum Gasteiger partial charge on any atom is -0.542 e. The number of carboxylic acids is 1. The van der Waals surface area contributed by atoms with E-state index in [-0.39, 0.29) is 30.4 Å². The number of alkyl halides is 6. The van der Waals surface area contributed by atoms with Gasteiger partial charge in [-0.1, -0.05) is 12.1 Å². The monoisotopic (exact) mass is 806 g/mol. The molecule has 1 fully saturated rings. The average Bonchev–Trinajstić information content (AvgIpc) is 3.53. The lowest BCUT2D eigenvalue weighted by Crippen LogP contribution is -2.62. The van der Waals surface area contributed by atoms with Crippen molar-refractivity contribution in [2.24, 2.45) is 5.73 Å². The molecule has 2 heterocycles. The van der Waals surface area contributed by atoms with Crippen molar-refractivity contribution in [2.75, 3.05) is 38.0 Å². The number of aliphatic carboxylic acids is 1. The van der Waals surface area contributed by atoms with E-state index < -0.39 is 58.2 Å². The number of likely N-dealkylation sites (N-methyl/N-ethyl adjacent to an activating group) is 1. The topological polar surface area (TPSA) is 198 Å². The molecule has 21 heteroatoms. The van der Waals surface area contributed by atoms with Gasteiger partial charge in [0.2, 0.25) is 12.7 Å². The third-order valence-corrected chi connectivity index (χ3v) is 9.57. The number of carboxylic acid groups (broad SMARTS) is 1. The highest BCUT2D eigenvalue weighted by Gasteiger charge is 2.42. The number of carbonyl (C=O) groups is 3. The summed E-state index contributed by atoms with van der Waals surface area (Å²) in [4.78, 5) is 37.3. The molecule has 3 atom stereocenters. The summed E-state index contributed by atoms with van der Waals surface area (Å²) in [6.07, 6.45) is -8.80. The number of piperidine rings is 1. The minimum atomic E-state index is -5.19. The molecule has 1 unspecified atom stereocenters.